The minimum atomic E-state index is 0.228. The van der Waals surface area contributed by atoms with Crippen molar-refractivity contribution < 1.29 is 4.79 Å². The lowest BCUT2D eigenvalue weighted by Gasteiger charge is -2.62. The Kier molecular flexibility index (Phi) is 3.18. The number of carbonyl (C=O) groups excluding carboxylic acids is 1. The van der Waals surface area contributed by atoms with Gasteiger partial charge in [-0.3, -0.25) is 4.79 Å². The number of hydrogen-bond donors (Lipinski definition) is 0. The van der Waals surface area contributed by atoms with E-state index in [1.165, 1.54) is 51.4 Å². The van der Waals surface area contributed by atoms with E-state index in [4.69, 9.17) is 0 Å². The molecular weight excluding hydrogens is 268 g/mol. The Morgan fingerprint density at radius 1 is 0.864 bits per heavy atom. The van der Waals surface area contributed by atoms with Crippen molar-refractivity contribution in [2.75, 3.05) is 0 Å². The monoisotopic (exact) mass is 302 g/mol. The molecule has 4 saturated carbocycles. The van der Waals surface area contributed by atoms with E-state index < -0.39 is 0 Å². The van der Waals surface area contributed by atoms with E-state index in [2.05, 4.69) is 27.7 Å². The first-order chi connectivity index (χ1) is 10.3. The van der Waals surface area contributed by atoms with E-state index >= 15 is 0 Å². The summed E-state index contributed by atoms with van der Waals surface area (Å²) >= 11 is 0. The molecule has 6 atom stereocenters. The van der Waals surface area contributed by atoms with Crippen molar-refractivity contribution in [3.8, 4) is 0 Å². The second kappa shape index (κ2) is 4.61. The SMILES string of the molecule is CC1(C)CCC[C@@]2(C)[C@@H]1C(=O)C[C@H]1[C@@H]3CCC[C@@]3(C)CC[C@@H]12. The summed E-state index contributed by atoms with van der Waals surface area (Å²) in [6, 6.07) is 0. The van der Waals surface area contributed by atoms with Gasteiger partial charge >= 0.3 is 0 Å². The maximum Gasteiger partial charge on any atom is 0.137 e. The van der Waals surface area contributed by atoms with Crippen LogP contribution < -0.4 is 0 Å². The Labute approximate surface area is 136 Å². The predicted molar refractivity (Wildman–Crippen MR) is 90.5 cm³/mol. The third-order valence-electron chi connectivity index (χ3n) is 8.80. The lowest BCUT2D eigenvalue weighted by Crippen LogP contribution is -2.59. The molecule has 22 heavy (non-hydrogen) atoms. The second-order valence-electron chi connectivity index (χ2n) is 10.4. The Bertz CT molecular complexity index is 492. The van der Waals surface area contributed by atoms with Crippen molar-refractivity contribution >= 4 is 5.78 Å². The highest BCUT2D eigenvalue weighted by molar-refractivity contribution is 5.84. The molecule has 1 heteroatoms. The molecule has 0 unspecified atom stereocenters. The number of hydrogen-bond acceptors (Lipinski definition) is 1. The van der Waals surface area contributed by atoms with Crippen LogP contribution in [0.5, 0.6) is 0 Å². The molecule has 1 nitrogen and oxygen atoms in total. The van der Waals surface area contributed by atoms with Gasteiger partial charge in [0.1, 0.15) is 5.78 Å². The van der Waals surface area contributed by atoms with Crippen molar-refractivity contribution in [3.05, 3.63) is 0 Å². The molecule has 0 amide bonds. The summed E-state index contributed by atoms with van der Waals surface area (Å²) < 4.78 is 0. The van der Waals surface area contributed by atoms with Crippen LogP contribution in [0, 0.1) is 39.9 Å². The highest BCUT2D eigenvalue weighted by atomic mass is 16.1. The molecule has 0 aromatic heterocycles. The zero-order valence-corrected chi connectivity index (χ0v) is 15.1. The molecule has 0 saturated heterocycles. The van der Waals surface area contributed by atoms with Gasteiger partial charge in [-0.2, -0.15) is 0 Å². The van der Waals surface area contributed by atoms with E-state index in [0.29, 0.717) is 28.4 Å². The number of fused-ring (bicyclic) bond motifs is 5. The molecule has 0 radical (unpaired) electrons. The molecule has 0 aromatic rings. The van der Waals surface area contributed by atoms with E-state index in [1.54, 1.807) is 0 Å². The van der Waals surface area contributed by atoms with E-state index in [0.717, 1.165) is 18.3 Å². The minimum Gasteiger partial charge on any atom is -0.299 e. The van der Waals surface area contributed by atoms with Gasteiger partial charge < -0.3 is 0 Å². The summed E-state index contributed by atoms with van der Waals surface area (Å²) in [6.45, 7) is 9.78. The zero-order valence-electron chi connectivity index (χ0n) is 15.1. The number of carbonyl (C=O) groups is 1. The van der Waals surface area contributed by atoms with Crippen molar-refractivity contribution in [2.24, 2.45) is 39.9 Å². The van der Waals surface area contributed by atoms with Crippen LogP contribution in [0.4, 0.5) is 0 Å². The first kappa shape index (κ1) is 15.2. The number of Topliss-reactive ketones (excluding diaryl/α,β-unsaturated/α-hetero) is 1. The van der Waals surface area contributed by atoms with Gasteiger partial charge in [-0.15, -0.1) is 0 Å². The van der Waals surface area contributed by atoms with Crippen LogP contribution in [-0.2, 0) is 4.79 Å². The number of ketones is 1. The Morgan fingerprint density at radius 3 is 2.41 bits per heavy atom. The quantitative estimate of drug-likeness (QED) is 0.567. The fourth-order valence-electron chi connectivity index (χ4n) is 8.04. The molecule has 124 valence electrons. The van der Waals surface area contributed by atoms with Gasteiger partial charge in [0.05, 0.1) is 0 Å². The molecule has 0 spiro atoms. The third kappa shape index (κ3) is 1.86. The lowest BCUT2D eigenvalue weighted by molar-refractivity contribution is -0.166. The molecule has 4 aliphatic rings. The molecule has 4 fully saturated rings. The predicted octanol–water partition coefficient (Wildman–Crippen LogP) is 5.62. The fourth-order valence-corrected chi connectivity index (χ4v) is 8.04. The van der Waals surface area contributed by atoms with Crippen molar-refractivity contribution in [2.45, 2.75) is 85.5 Å². The molecular formula is C21H34O. The van der Waals surface area contributed by atoms with Crippen molar-refractivity contribution in [1.82, 2.24) is 0 Å². The van der Waals surface area contributed by atoms with Crippen LogP contribution >= 0.6 is 0 Å². The van der Waals surface area contributed by atoms with Crippen molar-refractivity contribution in [1.29, 1.82) is 0 Å². The van der Waals surface area contributed by atoms with Gasteiger partial charge in [0.15, 0.2) is 0 Å². The van der Waals surface area contributed by atoms with Gasteiger partial charge in [0.2, 0.25) is 0 Å². The van der Waals surface area contributed by atoms with Gasteiger partial charge in [-0.05, 0) is 72.5 Å². The summed E-state index contributed by atoms with van der Waals surface area (Å²) in [5, 5.41) is 0. The molecule has 4 rings (SSSR count). The second-order valence-corrected chi connectivity index (χ2v) is 10.4. The fraction of sp³-hybridized carbons (Fsp3) is 0.952. The molecule has 0 bridgehead atoms. The van der Waals surface area contributed by atoms with Crippen LogP contribution in [0.1, 0.15) is 85.5 Å². The van der Waals surface area contributed by atoms with Gasteiger partial charge in [-0.1, -0.05) is 40.5 Å². The van der Waals surface area contributed by atoms with Crippen LogP contribution in [0.3, 0.4) is 0 Å². The molecule has 4 aliphatic carbocycles. The van der Waals surface area contributed by atoms with E-state index in [1.807, 2.05) is 0 Å². The van der Waals surface area contributed by atoms with E-state index in [9.17, 15) is 4.79 Å². The summed E-state index contributed by atoms with van der Waals surface area (Å²) in [4.78, 5) is 13.2. The highest BCUT2D eigenvalue weighted by Crippen LogP contribution is 2.67. The van der Waals surface area contributed by atoms with Crippen LogP contribution in [0.25, 0.3) is 0 Å². The molecule has 0 N–H and O–H groups in total. The minimum absolute atomic E-state index is 0.228. The third-order valence-corrected chi connectivity index (χ3v) is 8.80. The van der Waals surface area contributed by atoms with Crippen LogP contribution in [0.2, 0.25) is 0 Å². The molecule has 0 heterocycles. The highest BCUT2D eigenvalue weighted by Gasteiger charge is 2.62. The molecule has 0 aromatic carbocycles. The molecule has 0 aliphatic heterocycles. The Balaban J connectivity index is 1.73. The Hall–Kier alpha value is -0.330. The summed E-state index contributed by atoms with van der Waals surface area (Å²) in [5.74, 6) is 3.35. The first-order valence-electron chi connectivity index (χ1n) is 9.81. The van der Waals surface area contributed by atoms with E-state index in [-0.39, 0.29) is 5.41 Å². The maximum absolute atomic E-state index is 13.2. The zero-order chi connectivity index (χ0) is 15.8. The largest absolute Gasteiger partial charge is 0.299 e. The van der Waals surface area contributed by atoms with Crippen LogP contribution in [0.15, 0.2) is 0 Å². The van der Waals surface area contributed by atoms with Gasteiger partial charge in [0.25, 0.3) is 0 Å². The summed E-state index contributed by atoms with van der Waals surface area (Å²) in [6.07, 6.45) is 11.8. The van der Waals surface area contributed by atoms with Gasteiger partial charge in [0, 0.05) is 12.3 Å². The van der Waals surface area contributed by atoms with Gasteiger partial charge in [-0.25, -0.2) is 0 Å². The average molecular weight is 303 g/mol. The maximum atomic E-state index is 13.2. The number of rotatable bonds is 0. The lowest BCUT2D eigenvalue weighted by atomic mass is 9.41. The van der Waals surface area contributed by atoms with Crippen LogP contribution in [-0.4, -0.2) is 5.78 Å². The first-order valence-corrected chi connectivity index (χ1v) is 9.81. The van der Waals surface area contributed by atoms with Crippen molar-refractivity contribution in [3.63, 3.8) is 0 Å². The average Bonchev–Trinajstić information content (AvgIpc) is 2.79. The topological polar surface area (TPSA) is 17.1 Å². The summed E-state index contributed by atoms with van der Waals surface area (Å²) in [7, 11) is 0. The Morgan fingerprint density at radius 2 is 1.64 bits per heavy atom. The normalized spacial score (nSPS) is 53.5. The smallest absolute Gasteiger partial charge is 0.137 e. The summed E-state index contributed by atoms with van der Waals surface area (Å²) in [5.41, 5.74) is 1.09. The standard InChI is InChI=1S/C21H34O/c1-19(2)9-6-11-21(4)16-8-12-20(3)10-5-7-15(20)14(16)13-17(22)18(19)21/h14-16,18H,5-13H2,1-4H3/t14-,15-,16-,18+,20-,21+/m0/s1.